The van der Waals surface area contributed by atoms with Crippen LogP contribution in [-0.2, 0) is 0 Å². The third kappa shape index (κ3) is 3.23. The molecule has 1 aromatic carbocycles. The van der Waals surface area contributed by atoms with Crippen LogP contribution in [0.15, 0.2) is 35.4 Å². The Kier molecular flexibility index (Phi) is 4.01. The maximum absolute atomic E-state index is 10.9. The first-order valence-corrected chi connectivity index (χ1v) is 6.80. The van der Waals surface area contributed by atoms with Gasteiger partial charge in [0.05, 0.1) is 11.3 Å². The van der Waals surface area contributed by atoms with Crippen molar-refractivity contribution in [3.8, 4) is 0 Å². The van der Waals surface area contributed by atoms with Crippen LogP contribution in [0.3, 0.4) is 0 Å². The molecule has 1 aromatic heterocycles. The molecule has 0 aliphatic rings. The first-order valence-electron chi connectivity index (χ1n) is 5.58. The summed E-state index contributed by atoms with van der Waals surface area (Å²) < 4.78 is 0. The number of carboxylic acid groups (broad SMARTS) is 1. The summed E-state index contributed by atoms with van der Waals surface area (Å²) in [5.74, 6) is -0.630. The number of aryl methyl sites for hydroxylation is 1. The molecule has 0 amide bonds. The highest BCUT2D eigenvalue weighted by atomic mass is 32.2. The van der Waals surface area contributed by atoms with E-state index in [1.807, 2.05) is 30.5 Å². The third-order valence-corrected chi connectivity index (χ3v) is 3.26. The Bertz CT molecular complexity index is 617. The summed E-state index contributed by atoms with van der Waals surface area (Å²) in [5.41, 5.74) is 1.42. The van der Waals surface area contributed by atoms with Gasteiger partial charge in [0.1, 0.15) is 0 Å². The van der Waals surface area contributed by atoms with Gasteiger partial charge in [0, 0.05) is 16.8 Å². The summed E-state index contributed by atoms with van der Waals surface area (Å²) in [7, 11) is 0. The highest BCUT2D eigenvalue weighted by Crippen LogP contribution is 2.21. The molecule has 0 saturated carbocycles. The van der Waals surface area contributed by atoms with Crippen LogP contribution in [0.2, 0.25) is 0 Å². The highest BCUT2D eigenvalue weighted by Gasteiger charge is 2.09. The van der Waals surface area contributed by atoms with E-state index < -0.39 is 5.97 Å². The number of nitrogens with zero attached hydrogens (tertiary/aromatic N) is 2. The minimum Gasteiger partial charge on any atom is -0.478 e. The van der Waals surface area contributed by atoms with Crippen molar-refractivity contribution in [3.63, 3.8) is 0 Å². The van der Waals surface area contributed by atoms with Crippen LogP contribution >= 0.6 is 11.8 Å². The van der Waals surface area contributed by atoms with E-state index in [1.54, 1.807) is 18.7 Å². The molecule has 6 heteroatoms. The number of aromatic nitrogens is 2. The van der Waals surface area contributed by atoms with E-state index in [4.69, 9.17) is 5.11 Å². The first kappa shape index (κ1) is 13.4. The average molecular weight is 275 g/mol. The van der Waals surface area contributed by atoms with Gasteiger partial charge in [-0.05, 0) is 31.4 Å². The van der Waals surface area contributed by atoms with Crippen LogP contribution in [0.1, 0.15) is 16.1 Å². The number of hydrogen-bond acceptors (Lipinski definition) is 5. The van der Waals surface area contributed by atoms with Crippen molar-refractivity contribution >= 4 is 29.4 Å². The van der Waals surface area contributed by atoms with Crippen molar-refractivity contribution in [2.45, 2.75) is 11.8 Å². The van der Waals surface area contributed by atoms with E-state index in [-0.39, 0.29) is 5.56 Å². The molecule has 2 N–H and O–H groups in total. The number of carboxylic acids is 1. The lowest BCUT2D eigenvalue weighted by molar-refractivity contribution is 0.0695. The Hall–Kier alpha value is -2.08. The highest BCUT2D eigenvalue weighted by molar-refractivity contribution is 7.98. The molecule has 2 aromatic rings. The molecule has 19 heavy (non-hydrogen) atoms. The van der Waals surface area contributed by atoms with Crippen LogP contribution < -0.4 is 5.32 Å². The molecular formula is C13H13N3O2S. The van der Waals surface area contributed by atoms with Gasteiger partial charge in [-0.15, -0.1) is 11.8 Å². The van der Waals surface area contributed by atoms with E-state index in [2.05, 4.69) is 15.3 Å². The molecule has 0 bridgehead atoms. The predicted molar refractivity (Wildman–Crippen MR) is 75.2 cm³/mol. The fourth-order valence-corrected chi connectivity index (χ4v) is 2.03. The molecule has 0 unspecified atom stereocenters. The Morgan fingerprint density at radius 3 is 2.84 bits per heavy atom. The fraction of sp³-hybridized carbons (Fsp3) is 0.154. The molecule has 0 radical (unpaired) electrons. The number of thioether (sulfide) groups is 1. The van der Waals surface area contributed by atoms with Crippen molar-refractivity contribution in [3.05, 3.63) is 41.7 Å². The molecule has 98 valence electrons. The number of benzene rings is 1. The smallest absolute Gasteiger partial charge is 0.339 e. The molecule has 0 atom stereocenters. The van der Waals surface area contributed by atoms with Crippen molar-refractivity contribution in [1.29, 1.82) is 0 Å². The molecule has 0 fully saturated rings. The lowest BCUT2D eigenvalue weighted by atomic mass is 10.2. The van der Waals surface area contributed by atoms with Gasteiger partial charge in [-0.2, -0.15) is 0 Å². The quantitative estimate of drug-likeness (QED) is 0.836. The monoisotopic (exact) mass is 275 g/mol. The van der Waals surface area contributed by atoms with Crippen LogP contribution in [0, 0.1) is 6.92 Å². The molecular weight excluding hydrogens is 262 g/mol. The molecule has 0 spiro atoms. The molecule has 1 heterocycles. The van der Waals surface area contributed by atoms with Crippen molar-refractivity contribution in [2.75, 3.05) is 11.6 Å². The average Bonchev–Trinajstić information content (AvgIpc) is 2.38. The zero-order valence-corrected chi connectivity index (χ0v) is 11.4. The summed E-state index contributed by atoms with van der Waals surface area (Å²) in [4.78, 5) is 20.1. The summed E-state index contributed by atoms with van der Waals surface area (Å²) in [6.45, 7) is 1.65. The Morgan fingerprint density at radius 2 is 2.21 bits per heavy atom. The maximum atomic E-state index is 10.9. The van der Waals surface area contributed by atoms with Crippen molar-refractivity contribution in [1.82, 2.24) is 9.97 Å². The summed E-state index contributed by atoms with van der Waals surface area (Å²) in [6, 6.07) is 7.83. The van der Waals surface area contributed by atoms with Crippen molar-refractivity contribution < 1.29 is 9.90 Å². The van der Waals surface area contributed by atoms with Gasteiger partial charge in [-0.3, -0.25) is 0 Å². The summed E-state index contributed by atoms with van der Waals surface area (Å²) in [5, 5.41) is 12.0. The SMILES string of the molecule is CSc1cccc(Nc2ncc(C(=O)O)c(C)n2)c1. The lowest BCUT2D eigenvalue weighted by Crippen LogP contribution is -2.06. The van der Waals surface area contributed by atoms with Gasteiger partial charge >= 0.3 is 5.97 Å². The second kappa shape index (κ2) is 5.71. The summed E-state index contributed by atoms with van der Waals surface area (Å²) >= 11 is 1.64. The van der Waals surface area contributed by atoms with E-state index in [0.717, 1.165) is 10.6 Å². The molecule has 0 saturated heterocycles. The number of aromatic carboxylic acids is 1. The minimum absolute atomic E-state index is 0.114. The molecule has 2 rings (SSSR count). The van der Waals surface area contributed by atoms with E-state index in [1.165, 1.54) is 6.20 Å². The third-order valence-electron chi connectivity index (χ3n) is 2.54. The van der Waals surface area contributed by atoms with Crippen molar-refractivity contribution in [2.24, 2.45) is 0 Å². The van der Waals surface area contributed by atoms with Crippen LogP contribution in [0.4, 0.5) is 11.6 Å². The Balaban J connectivity index is 2.23. The number of carbonyl (C=O) groups is 1. The maximum Gasteiger partial charge on any atom is 0.339 e. The standard InChI is InChI=1S/C13H13N3O2S/c1-8-11(12(17)18)7-14-13(15-8)16-9-4-3-5-10(6-9)19-2/h3-7H,1-2H3,(H,17,18)(H,14,15,16). The zero-order chi connectivity index (χ0) is 13.8. The van der Waals surface area contributed by atoms with Gasteiger partial charge in [-0.1, -0.05) is 6.07 Å². The molecule has 5 nitrogen and oxygen atoms in total. The topological polar surface area (TPSA) is 75.1 Å². The van der Waals surface area contributed by atoms with Gasteiger partial charge < -0.3 is 10.4 Å². The lowest BCUT2D eigenvalue weighted by Gasteiger charge is -2.07. The van der Waals surface area contributed by atoms with Crippen LogP contribution in [0.25, 0.3) is 0 Å². The normalized spacial score (nSPS) is 10.2. The number of anilines is 2. The van der Waals surface area contributed by atoms with Gasteiger partial charge in [0.25, 0.3) is 0 Å². The van der Waals surface area contributed by atoms with Gasteiger partial charge in [0.15, 0.2) is 0 Å². The number of hydrogen-bond donors (Lipinski definition) is 2. The minimum atomic E-state index is -1.02. The number of rotatable bonds is 4. The predicted octanol–water partition coefficient (Wildman–Crippen LogP) is 2.95. The second-order valence-electron chi connectivity index (χ2n) is 3.85. The van der Waals surface area contributed by atoms with Gasteiger partial charge in [-0.25, -0.2) is 14.8 Å². The summed E-state index contributed by atoms with van der Waals surface area (Å²) in [6.07, 6.45) is 3.31. The molecule has 0 aliphatic heterocycles. The Morgan fingerprint density at radius 1 is 1.42 bits per heavy atom. The van der Waals surface area contributed by atoms with Gasteiger partial charge in [0.2, 0.25) is 5.95 Å². The zero-order valence-electron chi connectivity index (χ0n) is 10.5. The first-order chi connectivity index (χ1) is 9.10. The van der Waals surface area contributed by atoms with Crippen LogP contribution in [-0.4, -0.2) is 27.3 Å². The number of nitrogens with one attached hydrogen (secondary N) is 1. The largest absolute Gasteiger partial charge is 0.478 e. The van der Waals surface area contributed by atoms with E-state index in [0.29, 0.717) is 11.6 Å². The fourth-order valence-electron chi connectivity index (χ4n) is 1.57. The van der Waals surface area contributed by atoms with Crippen LogP contribution in [0.5, 0.6) is 0 Å². The van der Waals surface area contributed by atoms with E-state index >= 15 is 0 Å². The second-order valence-corrected chi connectivity index (χ2v) is 4.73. The molecule has 0 aliphatic carbocycles. The Labute approximate surface area is 115 Å². The van der Waals surface area contributed by atoms with E-state index in [9.17, 15) is 4.79 Å².